The molecule has 0 spiro atoms. The maximum Gasteiger partial charge on any atom is 0.308 e. The monoisotopic (exact) mass is 492 g/mol. The van der Waals surface area contributed by atoms with Crippen LogP contribution in [0.4, 0.5) is 0 Å². The van der Waals surface area contributed by atoms with Crippen molar-refractivity contribution in [3.8, 4) is 0 Å². The normalized spacial score (nSPS) is 14.5. The predicted molar refractivity (Wildman–Crippen MR) is 132 cm³/mol. The predicted octanol–water partition coefficient (Wildman–Crippen LogP) is 2.06. The summed E-state index contributed by atoms with van der Waals surface area (Å²) in [4.78, 5) is 49.0. The first kappa shape index (κ1) is 30.7. The Hall–Kier alpha value is -1.30. The van der Waals surface area contributed by atoms with Crippen molar-refractivity contribution in [3.05, 3.63) is 0 Å². The lowest BCUT2D eigenvalue weighted by Gasteiger charge is -2.23. The van der Waals surface area contributed by atoms with E-state index >= 15 is 0 Å². The summed E-state index contributed by atoms with van der Waals surface area (Å²) in [7, 11) is 0.801. The van der Waals surface area contributed by atoms with Gasteiger partial charge in [0.2, 0.25) is 17.7 Å². The van der Waals surface area contributed by atoms with Crippen molar-refractivity contribution in [2.75, 3.05) is 19.9 Å². The molecule has 5 atom stereocenters. The lowest BCUT2D eigenvalue weighted by molar-refractivity contribution is -0.134. The molecule has 0 aliphatic rings. The minimum absolute atomic E-state index is 0.0297. The first-order valence-electron chi connectivity index (χ1n) is 11.3. The molecular weight excluding hydrogens is 450 g/mol. The van der Waals surface area contributed by atoms with E-state index in [2.05, 4.69) is 27.7 Å². The standard InChI is InChI=1S/C21H42N4O5P2/c1-14(2)23-21(29)17(11-7-8-13-22-31-5)25-20(28)16(4)24-19(27)15(3)10-9-12-18(26)30-32-6/h14-17,22,31-32H,7-13H2,1-6H3,(H,23,29)(H,24,27)(H,25,28). The van der Waals surface area contributed by atoms with Crippen LogP contribution in [0.1, 0.15) is 66.2 Å². The van der Waals surface area contributed by atoms with Crippen molar-refractivity contribution in [3.63, 3.8) is 0 Å². The van der Waals surface area contributed by atoms with Crippen LogP contribution in [0, 0.1) is 5.92 Å². The molecule has 0 fully saturated rings. The summed E-state index contributed by atoms with van der Waals surface area (Å²) in [6, 6.07) is -1.44. The van der Waals surface area contributed by atoms with Crippen LogP contribution >= 0.6 is 17.5 Å². The highest BCUT2D eigenvalue weighted by atomic mass is 31.1. The first-order valence-corrected chi connectivity index (χ1v) is 14.2. The van der Waals surface area contributed by atoms with Crippen molar-refractivity contribution in [2.24, 2.45) is 5.92 Å². The quantitative estimate of drug-likeness (QED) is 0.182. The number of rotatable bonds is 17. The van der Waals surface area contributed by atoms with E-state index in [1.54, 1.807) is 20.5 Å². The molecule has 0 radical (unpaired) electrons. The van der Waals surface area contributed by atoms with E-state index in [-0.39, 0.29) is 45.0 Å². The van der Waals surface area contributed by atoms with Crippen LogP contribution in [0.5, 0.6) is 0 Å². The lowest BCUT2D eigenvalue weighted by Crippen LogP contribution is -2.54. The van der Waals surface area contributed by atoms with Crippen LogP contribution in [0.3, 0.4) is 0 Å². The summed E-state index contributed by atoms with van der Waals surface area (Å²) in [5.74, 6) is -1.47. The number of carbonyl (C=O) groups is 4. The minimum atomic E-state index is -0.770. The second-order valence-corrected chi connectivity index (χ2v) is 9.56. The van der Waals surface area contributed by atoms with E-state index in [1.165, 1.54) is 0 Å². The Balaban J connectivity index is 4.64. The fourth-order valence-corrected chi connectivity index (χ4v) is 3.66. The molecule has 3 amide bonds. The van der Waals surface area contributed by atoms with Gasteiger partial charge in [-0.3, -0.25) is 24.3 Å². The van der Waals surface area contributed by atoms with Crippen LogP contribution in [-0.2, 0) is 23.7 Å². The molecule has 0 bridgehead atoms. The largest absolute Gasteiger partial charge is 0.449 e. The van der Waals surface area contributed by atoms with Gasteiger partial charge in [-0.15, -0.1) is 0 Å². The Kier molecular flexibility index (Phi) is 17.4. The zero-order valence-electron chi connectivity index (χ0n) is 20.3. The Morgan fingerprint density at radius 2 is 1.50 bits per heavy atom. The van der Waals surface area contributed by atoms with Crippen LogP contribution in [0.25, 0.3) is 0 Å². The second-order valence-electron chi connectivity index (χ2n) is 8.10. The number of hydrogen-bond acceptors (Lipinski definition) is 6. The number of unbranched alkanes of at least 4 members (excludes halogenated alkanes) is 1. The highest BCUT2D eigenvalue weighted by Crippen LogP contribution is 2.12. The van der Waals surface area contributed by atoms with Gasteiger partial charge in [-0.1, -0.05) is 15.7 Å². The molecule has 0 saturated carbocycles. The highest BCUT2D eigenvalue weighted by molar-refractivity contribution is 7.34. The summed E-state index contributed by atoms with van der Waals surface area (Å²) >= 11 is 0. The van der Waals surface area contributed by atoms with Gasteiger partial charge < -0.3 is 20.5 Å². The Bertz CT molecular complexity index is 593. The van der Waals surface area contributed by atoms with Crippen LogP contribution in [-0.4, -0.2) is 61.7 Å². The lowest BCUT2D eigenvalue weighted by atomic mass is 10.0. The van der Waals surface area contributed by atoms with Crippen LogP contribution < -0.4 is 21.0 Å². The molecule has 0 rings (SSSR count). The molecule has 0 heterocycles. The SMILES string of the molecule is CPNCCCCC(NC(=O)C(C)NC(=O)C(C)CCCC(=O)OPC)C(=O)NC(C)C. The number of carbonyl (C=O) groups excluding carboxylic acids is 4. The molecule has 4 N–H and O–H groups in total. The smallest absolute Gasteiger partial charge is 0.308 e. The van der Waals surface area contributed by atoms with Crippen molar-refractivity contribution in [1.82, 2.24) is 21.0 Å². The topological polar surface area (TPSA) is 126 Å². The Morgan fingerprint density at radius 3 is 2.09 bits per heavy atom. The van der Waals surface area contributed by atoms with Crippen molar-refractivity contribution < 1.29 is 23.7 Å². The molecule has 0 aliphatic carbocycles. The molecule has 32 heavy (non-hydrogen) atoms. The van der Waals surface area contributed by atoms with Gasteiger partial charge in [-0.25, -0.2) is 0 Å². The molecule has 0 saturated heterocycles. The Morgan fingerprint density at radius 1 is 0.812 bits per heavy atom. The maximum absolute atomic E-state index is 12.6. The van der Waals surface area contributed by atoms with Gasteiger partial charge in [0.05, 0.1) is 8.81 Å². The number of amides is 3. The van der Waals surface area contributed by atoms with E-state index in [0.29, 0.717) is 28.0 Å². The molecular formula is C21H42N4O5P2. The molecule has 0 aromatic rings. The summed E-state index contributed by atoms with van der Waals surface area (Å²) in [5.41, 5.74) is 0. The molecule has 9 nitrogen and oxygen atoms in total. The van der Waals surface area contributed by atoms with E-state index in [1.807, 2.05) is 13.8 Å². The molecule has 0 aromatic heterocycles. The summed E-state index contributed by atoms with van der Waals surface area (Å²) in [5, 5.41) is 11.6. The van der Waals surface area contributed by atoms with Gasteiger partial charge >= 0.3 is 5.97 Å². The van der Waals surface area contributed by atoms with Crippen molar-refractivity contribution in [1.29, 1.82) is 0 Å². The second kappa shape index (κ2) is 18.2. The third-order valence-corrected chi connectivity index (χ3v) is 5.75. The first-order chi connectivity index (χ1) is 15.1. The van der Waals surface area contributed by atoms with Crippen LogP contribution in [0.15, 0.2) is 0 Å². The number of hydrogen-bond donors (Lipinski definition) is 4. The third kappa shape index (κ3) is 14.7. The maximum atomic E-state index is 12.6. The Labute approximate surface area is 196 Å². The molecule has 0 aromatic carbocycles. The summed E-state index contributed by atoms with van der Waals surface area (Å²) < 4.78 is 4.91. The minimum Gasteiger partial charge on any atom is -0.449 e. The highest BCUT2D eigenvalue weighted by Gasteiger charge is 2.25. The van der Waals surface area contributed by atoms with Gasteiger partial charge in [0.15, 0.2) is 0 Å². The zero-order chi connectivity index (χ0) is 24.5. The van der Waals surface area contributed by atoms with E-state index < -0.39 is 18.0 Å². The van der Waals surface area contributed by atoms with Gasteiger partial charge in [-0.2, -0.15) is 0 Å². The molecule has 5 unspecified atom stereocenters. The van der Waals surface area contributed by atoms with Gasteiger partial charge in [0.25, 0.3) is 0 Å². The number of nitrogens with one attached hydrogen (secondary N) is 4. The van der Waals surface area contributed by atoms with Gasteiger partial charge in [0, 0.05) is 18.4 Å². The van der Waals surface area contributed by atoms with E-state index in [4.69, 9.17) is 4.52 Å². The average Bonchev–Trinajstić information content (AvgIpc) is 2.71. The van der Waals surface area contributed by atoms with Crippen molar-refractivity contribution in [2.45, 2.75) is 84.3 Å². The fourth-order valence-electron chi connectivity index (χ4n) is 2.91. The van der Waals surface area contributed by atoms with Crippen molar-refractivity contribution >= 4 is 41.2 Å². The fraction of sp³-hybridized carbons (Fsp3) is 0.810. The van der Waals surface area contributed by atoms with E-state index in [9.17, 15) is 19.2 Å². The molecule has 186 valence electrons. The molecule has 0 aliphatic heterocycles. The average molecular weight is 493 g/mol. The molecule has 11 heteroatoms. The van der Waals surface area contributed by atoms with E-state index in [0.717, 1.165) is 19.4 Å². The van der Waals surface area contributed by atoms with Gasteiger partial charge in [-0.05, 0) is 72.7 Å². The van der Waals surface area contributed by atoms with Crippen LogP contribution in [0.2, 0.25) is 0 Å². The third-order valence-electron chi connectivity index (χ3n) is 4.72. The summed E-state index contributed by atoms with van der Waals surface area (Å²) in [6.45, 7) is 11.8. The zero-order valence-corrected chi connectivity index (χ0v) is 22.3. The van der Waals surface area contributed by atoms with Gasteiger partial charge in [0.1, 0.15) is 12.1 Å². The summed E-state index contributed by atoms with van der Waals surface area (Å²) in [6.07, 6.45) is 3.59.